The molecule has 0 saturated carbocycles. The van der Waals surface area contributed by atoms with Gasteiger partial charge in [-0.25, -0.2) is 4.68 Å². The van der Waals surface area contributed by atoms with Crippen LogP contribution in [0.4, 0.5) is 0 Å². The van der Waals surface area contributed by atoms with Crippen LogP contribution in [-0.4, -0.2) is 62.8 Å². The highest BCUT2D eigenvalue weighted by Gasteiger charge is 2.23. The predicted molar refractivity (Wildman–Crippen MR) is 83.9 cm³/mol. The second-order valence-corrected chi connectivity index (χ2v) is 5.54. The van der Waals surface area contributed by atoms with E-state index in [9.17, 15) is 9.59 Å². The Balaban J connectivity index is 1.66. The average molecular weight is 313 g/mol. The van der Waals surface area contributed by atoms with Gasteiger partial charge in [-0.3, -0.25) is 9.59 Å². The Hall–Kier alpha value is -2.70. The number of amides is 2. The Labute approximate surface area is 134 Å². The third-order valence-electron chi connectivity index (χ3n) is 4.03. The van der Waals surface area contributed by atoms with E-state index in [-0.39, 0.29) is 18.2 Å². The maximum atomic E-state index is 12.5. The average Bonchev–Trinajstić information content (AvgIpc) is 3.04. The molecule has 1 aromatic carbocycles. The van der Waals surface area contributed by atoms with Gasteiger partial charge in [-0.15, -0.1) is 5.10 Å². The van der Waals surface area contributed by atoms with Gasteiger partial charge in [0.1, 0.15) is 0 Å². The maximum absolute atomic E-state index is 12.5. The Bertz CT molecular complexity index is 690. The van der Waals surface area contributed by atoms with Crippen LogP contribution in [0.25, 0.3) is 5.69 Å². The summed E-state index contributed by atoms with van der Waals surface area (Å²) < 4.78 is 1.68. The zero-order valence-corrected chi connectivity index (χ0v) is 13.1. The van der Waals surface area contributed by atoms with Crippen LogP contribution in [-0.2, 0) is 16.0 Å². The number of rotatable bonds is 3. The Morgan fingerprint density at radius 2 is 1.70 bits per heavy atom. The number of hydrogen-bond donors (Lipinski definition) is 0. The monoisotopic (exact) mass is 313 g/mol. The van der Waals surface area contributed by atoms with Gasteiger partial charge in [0.2, 0.25) is 11.8 Å². The van der Waals surface area contributed by atoms with Gasteiger partial charge in [-0.1, -0.05) is 23.4 Å². The summed E-state index contributed by atoms with van der Waals surface area (Å²) in [5.41, 5.74) is 1.64. The molecule has 1 fully saturated rings. The lowest BCUT2D eigenvalue weighted by Gasteiger charge is -2.34. The van der Waals surface area contributed by atoms with Crippen LogP contribution >= 0.6 is 0 Å². The fourth-order valence-electron chi connectivity index (χ4n) is 2.70. The summed E-state index contributed by atoms with van der Waals surface area (Å²) in [6, 6.07) is 9.62. The first-order valence-corrected chi connectivity index (χ1v) is 7.63. The topological polar surface area (TPSA) is 71.3 Å². The SMILES string of the molecule is CC(=O)N1CCN(C(=O)Cc2cnnn2-c2ccccc2)CC1. The lowest BCUT2D eigenvalue weighted by molar-refractivity contribution is -0.138. The second kappa shape index (κ2) is 6.60. The van der Waals surface area contributed by atoms with Crippen molar-refractivity contribution in [3.05, 3.63) is 42.2 Å². The highest BCUT2D eigenvalue weighted by Crippen LogP contribution is 2.11. The number of carbonyl (C=O) groups excluding carboxylic acids is 2. The summed E-state index contributed by atoms with van der Waals surface area (Å²) in [7, 11) is 0. The quantitative estimate of drug-likeness (QED) is 0.827. The van der Waals surface area contributed by atoms with Gasteiger partial charge in [-0.05, 0) is 12.1 Å². The Kier molecular flexibility index (Phi) is 4.36. The van der Waals surface area contributed by atoms with Gasteiger partial charge in [0.15, 0.2) is 0 Å². The number of piperazine rings is 1. The highest BCUT2D eigenvalue weighted by atomic mass is 16.2. The van der Waals surface area contributed by atoms with Crippen molar-refractivity contribution in [3.63, 3.8) is 0 Å². The normalized spacial score (nSPS) is 14.8. The molecule has 2 amide bonds. The molecule has 1 saturated heterocycles. The van der Waals surface area contributed by atoms with E-state index >= 15 is 0 Å². The third kappa shape index (κ3) is 3.39. The van der Waals surface area contributed by atoms with Crippen LogP contribution in [0.15, 0.2) is 36.5 Å². The molecule has 3 rings (SSSR count). The van der Waals surface area contributed by atoms with Crippen LogP contribution in [0.3, 0.4) is 0 Å². The smallest absolute Gasteiger partial charge is 0.228 e. The van der Waals surface area contributed by atoms with E-state index in [1.54, 1.807) is 27.6 Å². The standard InChI is InChI=1S/C16H19N5O2/c1-13(22)19-7-9-20(10-8-19)16(23)11-15-12-17-18-21(15)14-5-3-2-4-6-14/h2-6,12H,7-11H2,1H3. The summed E-state index contributed by atoms with van der Waals surface area (Å²) in [4.78, 5) is 27.4. The lowest BCUT2D eigenvalue weighted by atomic mass is 10.2. The van der Waals surface area contributed by atoms with Crippen molar-refractivity contribution >= 4 is 11.8 Å². The van der Waals surface area contributed by atoms with Crippen LogP contribution in [0, 0.1) is 0 Å². The van der Waals surface area contributed by atoms with E-state index in [1.807, 2.05) is 30.3 Å². The first-order chi connectivity index (χ1) is 11.1. The minimum Gasteiger partial charge on any atom is -0.339 e. The van der Waals surface area contributed by atoms with Crippen LogP contribution in [0.2, 0.25) is 0 Å². The van der Waals surface area contributed by atoms with Gasteiger partial charge < -0.3 is 9.80 Å². The molecule has 0 radical (unpaired) electrons. The first-order valence-electron chi connectivity index (χ1n) is 7.63. The lowest BCUT2D eigenvalue weighted by Crippen LogP contribution is -2.50. The van der Waals surface area contributed by atoms with Crippen molar-refractivity contribution < 1.29 is 9.59 Å². The highest BCUT2D eigenvalue weighted by molar-refractivity contribution is 5.79. The summed E-state index contributed by atoms with van der Waals surface area (Å²) >= 11 is 0. The van der Waals surface area contributed by atoms with Gasteiger partial charge in [0, 0.05) is 33.1 Å². The van der Waals surface area contributed by atoms with Crippen molar-refractivity contribution in [3.8, 4) is 5.69 Å². The third-order valence-corrected chi connectivity index (χ3v) is 4.03. The zero-order valence-electron chi connectivity index (χ0n) is 13.1. The molecule has 120 valence electrons. The van der Waals surface area contributed by atoms with E-state index < -0.39 is 0 Å². The van der Waals surface area contributed by atoms with Crippen LogP contribution in [0.1, 0.15) is 12.6 Å². The molecule has 2 aromatic rings. The largest absolute Gasteiger partial charge is 0.339 e. The number of para-hydroxylation sites is 1. The molecule has 0 bridgehead atoms. The molecule has 2 heterocycles. The fraction of sp³-hybridized carbons (Fsp3) is 0.375. The van der Waals surface area contributed by atoms with Gasteiger partial charge >= 0.3 is 0 Å². The second-order valence-electron chi connectivity index (χ2n) is 5.54. The number of carbonyl (C=O) groups is 2. The summed E-state index contributed by atoms with van der Waals surface area (Å²) in [5, 5.41) is 7.98. The summed E-state index contributed by atoms with van der Waals surface area (Å²) in [5.74, 6) is 0.0936. The van der Waals surface area contributed by atoms with Crippen LogP contribution < -0.4 is 0 Å². The molecule has 0 unspecified atom stereocenters. The molecule has 0 N–H and O–H groups in total. The van der Waals surface area contributed by atoms with E-state index in [4.69, 9.17) is 0 Å². The number of aromatic nitrogens is 3. The number of hydrogen-bond acceptors (Lipinski definition) is 4. The summed E-state index contributed by atoms with van der Waals surface area (Å²) in [6.45, 7) is 3.90. The van der Waals surface area contributed by atoms with E-state index in [1.165, 1.54) is 0 Å². The van der Waals surface area contributed by atoms with Crippen molar-refractivity contribution in [1.29, 1.82) is 0 Å². The van der Waals surface area contributed by atoms with E-state index in [0.717, 1.165) is 11.4 Å². The fourth-order valence-corrected chi connectivity index (χ4v) is 2.70. The number of benzene rings is 1. The molecule has 0 aliphatic carbocycles. The van der Waals surface area contributed by atoms with Gasteiger partial charge in [0.05, 0.1) is 24.0 Å². The molecule has 7 nitrogen and oxygen atoms in total. The first kappa shape index (κ1) is 15.2. The maximum Gasteiger partial charge on any atom is 0.228 e. The Morgan fingerprint density at radius 3 is 2.35 bits per heavy atom. The van der Waals surface area contributed by atoms with Gasteiger partial charge in [0.25, 0.3) is 0 Å². The number of nitrogens with zero attached hydrogens (tertiary/aromatic N) is 5. The predicted octanol–water partition coefficient (Wildman–Crippen LogP) is 0.500. The van der Waals surface area contributed by atoms with E-state index in [2.05, 4.69) is 10.3 Å². The Morgan fingerprint density at radius 1 is 1.04 bits per heavy atom. The molecule has 1 aromatic heterocycles. The van der Waals surface area contributed by atoms with Crippen molar-refractivity contribution in [2.24, 2.45) is 0 Å². The van der Waals surface area contributed by atoms with Gasteiger partial charge in [-0.2, -0.15) is 0 Å². The summed E-state index contributed by atoms with van der Waals surface area (Å²) in [6.07, 6.45) is 1.87. The zero-order chi connectivity index (χ0) is 16.2. The minimum atomic E-state index is 0.0349. The van der Waals surface area contributed by atoms with Crippen molar-refractivity contribution in [1.82, 2.24) is 24.8 Å². The van der Waals surface area contributed by atoms with E-state index in [0.29, 0.717) is 26.2 Å². The molecule has 1 aliphatic heterocycles. The van der Waals surface area contributed by atoms with Crippen LogP contribution in [0.5, 0.6) is 0 Å². The molecule has 23 heavy (non-hydrogen) atoms. The molecule has 0 spiro atoms. The molecular formula is C16H19N5O2. The van der Waals surface area contributed by atoms with Crippen molar-refractivity contribution in [2.75, 3.05) is 26.2 Å². The van der Waals surface area contributed by atoms with Crippen molar-refractivity contribution in [2.45, 2.75) is 13.3 Å². The molecule has 0 atom stereocenters. The molecule has 7 heteroatoms. The molecule has 1 aliphatic rings. The molecular weight excluding hydrogens is 294 g/mol. The minimum absolute atomic E-state index is 0.0349.